The number of anilines is 1. The molecule has 0 saturated carbocycles. The van der Waals surface area contributed by atoms with E-state index in [1.807, 2.05) is 43.0 Å². The zero-order valence-electron chi connectivity index (χ0n) is 17.9. The van der Waals surface area contributed by atoms with Gasteiger partial charge in [0.05, 0.1) is 18.7 Å². The molecule has 0 atom stereocenters. The van der Waals surface area contributed by atoms with Gasteiger partial charge in [-0.1, -0.05) is 32.0 Å². The van der Waals surface area contributed by atoms with Crippen LogP contribution in [0.2, 0.25) is 0 Å². The SMILES string of the molecule is CCCOc1ccccc1/C=C/C(=O)Nc1sc2c(c1C#N)CCN(C(=O)CCC)C2. The van der Waals surface area contributed by atoms with Crippen molar-refractivity contribution in [2.45, 2.75) is 46.1 Å². The van der Waals surface area contributed by atoms with Gasteiger partial charge in [0.1, 0.15) is 16.8 Å². The number of hydrogen-bond acceptors (Lipinski definition) is 5. The molecule has 1 aromatic heterocycles. The second-order valence-corrected chi connectivity index (χ2v) is 8.45. The summed E-state index contributed by atoms with van der Waals surface area (Å²) in [4.78, 5) is 27.6. The van der Waals surface area contributed by atoms with Crippen LogP contribution >= 0.6 is 11.3 Å². The Morgan fingerprint density at radius 2 is 2.10 bits per heavy atom. The van der Waals surface area contributed by atoms with Gasteiger partial charge in [0.25, 0.3) is 0 Å². The highest BCUT2D eigenvalue weighted by Gasteiger charge is 2.27. The first-order valence-electron chi connectivity index (χ1n) is 10.6. The molecule has 2 aromatic rings. The molecule has 1 aliphatic rings. The minimum absolute atomic E-state index is 0.137. The van der Waals surface area contributed by atoms with Crippen molar-refractivity contribution >= 4 is 34.2 Å². The zero-order valence-corrected chi connectivity index (χ0v) is 18.8. The van der Waals surface area contributed by atoms with E-state index in [1.54, 1.807) is 6.08 Å². The maximum absolute atomic E-state index is 12.5. The maximum atomic E-state index is 12.5. The highest BCUT2D eigenvalue weighted by molar-refractivity contribution is 7.16. The van der Waals surface area contributed by atoms with Crippen molar-refractivity contribution in [3.05, 3.63) is 51.9 Å². The number of benzene rings is 1. The summed E-state index contributed by atoms with van der Waals surface area (Å²) in [6.45, 7) is 5.75. The van der Waals surface area contributed by atoms with Gasteiger partial charge in [-0.2, -0.15) is 5.26 Å². The van der Waals surface area contributed by atoms with Crippen LogP contribution in [0.4, 0.5) is 5.00 Å². The number of para-hydroxylation sites is 1. The van der Waals surface area contributed by atoms with Crippen molar-refractivity contribution < 1.29 is 14.3 Å². The van der Waals surface area contributed by atoms with Gasteiger partial charge < -0.3 is 15.0 Å². The molecule has 0 unspecified atom stereocenters. The molecule has 0 radical (unpaired) electrons. The number of nitriles is 1. The molecular formula is C24H27N3O3S. The largest absolute Gasteiger partial charge is 0.493 e. The van der Waals surface area contributed by atoms with Crippen LogP contribution in [-0.4, -0.2) is 29.9 Å². The van der Waals surface area contributed by atoms with Gasteiger partial charge in [-0.05, 0) is 37.0 Å². The quantitative estimate of drug-likeness (QED) is 0.605. The van der Waals surface area contributed by atoms with Crippen molar-refractivity contribution in [3.8, 4) is 11.8 Å². The summed E-state index contributed by atoms with van der Waals surface area (Å²) in [6, 6.07) is 9.78. The fourth-order valence-corrected chi connectivity index (χ4v) is 4.69. The predicted octanol–water partition coefficient (Wildman–Crippen LogP) is 4.75. The van der Waals surface area contributed by atoms with Gasteiger partial charge in [-0.3, -0.25) is 9.59 Å². The van der Waals surface area contributed by atoms with E-state index in [0.29, 0.717) is 43.1 Å². The molecule has 0 fully saturated rings. The predicted molar refractivity (Wildman–Crippen MR) is 123 cm³/mol. The molecule has 1 N–H and O–H groups in total. The topological polar surface area (TPSA) is 82.4 Å². The number of hydrogen-bond donors (Lipinski definition) is 1. The fourth-order valence-electron chi connectivity index (χ4n) is 3.48. The van der Waals surface area contributed by atoms with Crippen molar-refractivity contribution in [2.75, 3.05) is 18.5 Å². The minimum Gasteiger partial charge on any atom is -0.493 e. The van der Waals surface area contributed by atoms with Gasteiger partial charge in [0, 0.05) is 29.5 Å². The number of fused-ring (bicyclic) bond motifs is 1. The van der Waals surface area contributed by atoms with E-state index in [0.717, 1.165) is 34.6 Å². The first-order valence-corrected chi connectivity index (χ1v) is 11.4. The summed E-state index contributed by atoms with van der Waals surface area (Å²) < 4.78 is 5.72. The van der Waals surface area contributed by atoms with Crippen LogP contribution in [0.5, 0.6) is 5.75 Å². The van der Waals surface area contributed by atoms with Gasteiger partial charge in [0.15, 0.2) is 0 Å². The summed E-state index contributed by atoms with van der Waals surface area (Å²) in [5, 5.41) is 13.0. The lowest BCUT2D eigenvalue weighted by molar-refractivity contribution is -0.132. The molecule has 6 nitrogen and oxygen atoms in total. The highest BCUT2D eigenvalue weighted by atomic mass is 32.1. The second kappa shape index (κ2) is 10.8. The van der Waals surface area contributed by atoms with Crippen molar-refractivity contribution in [1.82, 2.24) is 4.90 Å². The normalized spacial score (nSPS) is 13.0. The smallest absolute Gasteiger partial charge is 0.249 e. The van der Waals surface area contributed by atoms with Crippen LogP contribution in [0.15, 0.2) is 30.3 Å². The summed E-state index contributed by atoms with van der Waals surface area (Å²) >= 11 is 1.38. The Labute approximate surface area is 187 Å². The number of rotatable bonds is 8. The third-order valence-corrected chi connectivity index (χ3v) is 6.15. The van der Waals surface area contributed by atoms with Crippen LogP contribution in [0.3, 0.4) is 0 Å². The number of amides is 2. The zero-order chi connectivity index (χ0) is 22.2. The Kier molecular flexibility index (Phi) is 7.85. The molecule has 0 aliphatic carbocycles. The van der Waals surface area contributed by atoms with E-state index in [2.05, 4.69) is 11.4 Å². The average Bonchev–Trinajstić information content (AvgIpc) is 3.12. The summed E-state index contributed by atoms with van der Waals surface area (Å²) in [6.07, 6.45) is 6.05. The lowest BCUT2D eigenvalue weighted by Crippen LogP contribution is -2.35. The van der Waals surface area contributed by atoms with Gasteiger partial charge >= 0.3 is 0 Å². The van der Waals surface area contributed by atoms with E-state index in [9.17, 15) is 14.9 Å². The van der Waals surface area contributed by atoms with E-state index in [-0.39, 0.29) is 11.8 Å². The van der Waals surface area contributed by atoms with Gasteiger partial charge in [0.2, 0.25) is 11.8 Å². The molecule has 31 heavy (non-hydrogen) atoms. The molecule has 0 bridgehead atoms. The number of nitrogens with one attached hydrogen (secondary N) is 1. The van der Waals surface area contributed by atoms with E-state index in [1.165, 1.54) is 17.4 Å². The van der Waals surface area contributed by atoms with Crippen molar-refractivity contribution in [2.24, 2.45) is 0 Å². The fraction of sp³-hybridized carbons (Fsp3) is 0.375. The van der Waals surface area contributed by atoms with Crippen LogP contribution in [0.1, 0.15) is 54.7 Å². The van der Waals surface area contributed by atoms with E-state index < -0.39 is 0 Å². The molecule has 7 heteroatoms. The van der Waals surface area contributed by atoms with Gasteiger partial charge in [-0.15, -0.1) is 11.3 Å². The molecule has 2 heterocycles. The van der Waals surface area contributed by atoms with Crippen LogP contribution in [0.25, 0.3) is 6.08 Å². The Hall–Kier alpha value is -3.11. The molecule has 162 valence electrons. The lowest BCUT2D eigenvalue weighted by Gasteiger charge is -2.26. The van der Waals surface area contributed by atoms with Crippen LogP contribution < -0.4 is 10.1 Å². The highest BCUT2D eigenvalue weighted by Crippen LogP contribution is 2.37. The van der Waals surface area contributed by atoms with E-state index in [4.69, 9.17) is 4.74 Å². The first kappa shape index (κ1) is 22.6. The molecular weight excluding hydrogens is 410 g/mol. The minimum atomic E-state index is -0.306. The Morgan fingerprint density at radius 3 is 2.84 bits per heavy atom. The molecule has 0 saturated heterocycles. The summed E-state index contributed by atoms with van der Waals surface area (Å²) in [7, 11) is 0. The number of carbonyl (C=O) groups excluding carboxylic acids is 2. The monoisotopic (exact) mass is 437 g/mol. The van der Waals surface area contributed by atoms with Crippen molar-refractivity contribution in [3.63, 3.8) is 0 Å². The molecule has 1 aromatic carbocycles. The number of ether oxygens (including phenoxy) is 1. The molecule has 2 amide bonds. The second-order valence-electron chi connectivity index (χ2n) is 7.34. The van der Waals surface area contributed by atoms with Gasteiger partial charge in [-0.25, -0.2) is 0 Å². The Morgan fingerprint density at radius 1 is 1.29 bits per heavy atom. The van der Waals surface area contributed by atoms with Crippen molar-refractivity contribution in [1.29, 1.82) is 5.26 Å². The molecule has 3 rings (SSSR count). The lowest BCUT2D eigenvalue weighted by atomic mass is 10.0. The number of thiophene rings is 1. The number of carbonyl (C=O) groups is 2. The summed E-state index contributed by atoms with van der Waals surface area (Å²) in [5.74, 6) is 0.561. The Balaban J connectivity index is 1.72. The maximum Gasteiger partial charge on any atom is 0.249 e. The van der Waals surface area contributed by atoms with Crippen LogP contribution in [-0.2, 0) is 22.6 Å². The third-order valence-electron chi connectivity index (χ3n) is 5.02. The molecule has 1 aliphatic heterocycles. The summed E-state index contributed by atoms with van der Waals surface area (Å²) in [5.41, 5.74) is 2.28. The third kappa shape index (κ3) is 5.53. The number of nitrogens with zero attached hydrogens (tertiary/aromatic N) is 2. The first-order chi connectivity index (χ1) is 15.1. The average molecular weight is 438 g/mol. The standard InChI is InChI=1S/C24H27N3O3S/c1-3-7-23(29)27-13-12-18-19(15-25)24(31-21(18)16-27)26-22(28)11-10-17-8-5-6-9-20(17)30-14-4-2/h5-6,8-11H,3-4,7,12-14,16H2,1-2H3,(H,26,28)/b11-10+. The van der Waals surface area contributed by atoms with E-state index >= 15 is 0 Å². The molecule has 0 spiro atoms. The van der Waals surface area contributed by atoms with Crippen LogP contribution in [0, 0.1) is 11.3 Å². The Bertz CT molecular complexity index is 1020.